The number of hydrogen-bond acceptors (Lipinski definition) is 5. The zero-order chi connectivity index (χ0) is 22.0. The average Bonchev–Trinajstić information content (AvgIpc) is 3.28. The lowest BCUT2D eigenvalue weighted by molar-refractivity contribution is -0.128. The van der Waals surface area contributed by atoms with Crippen molar-refractivity contribution in [2.45, 2.75) is 33.6 Å². The number of hydrogen-bond donors (Lipinski definition) is 1. The van der Waals surface area contributed by atoms with Crippen LogP contribution in [0.3, 0.4) is 0 Å². The molecule has 31 heavy (non-hydrogen) atoms. The number of carbonyl (C=O) groups is 2. The monoisotopic (exact) mass is 418 g/mol. The number of amides is 2. The van der Waals surface area contributed by atoms with E-state index < -0.39 is 5.92 Å². The van der Waals surface area contributed by atoms with Crippen molar-refractivity contribution in [3.63, 3.8) is 0 Å². The molecule has 0 spiro atoms. The Morgan fingerprint density at radius 3 is 2.48 bits per heavy atom. The van der Waals surface area contributed by atoms with E-state index in [1.807, 2.05) is 57.2 Å². The number of nitrogens with one attached hydrogen (secondary N) is 1. The minimum atomic E-state index is -0.396. The van der Waals surface area contributed by atoms with Crippen LogP contribution in [0.4, 0.5) is 5.82 Å². The van der Waals surface area contributed by atoms with Crippen molar-refractivity contribution in [2.24, 2.45) is 5.92 Å². The van der Waals surface area contributed by atoms with E-state index in [2.05, 4.69) is 20.4 Å². The first kappa shape index (κ1) is 20.7. The molecular weight excluding hydrogens is 392 g/mol. The summed E-state index contributed by atoms with van der Waals surface area (Å²) in [6.45, 7) is 6.66. The quantitative estimate of drug-likeness (QED) is 0.664. The lowest BCUT2D eigenvalue weighted by Gasteiger charge is -2.16. The molecule has 1 unspecified atom stereocenters. The topological polar surface area (TPSA) is 93.0 Å². The highest BCUT2D eigenvalue weighted by molar-refractivity contribution is 5.96. The van der Waals surface area contributed by atoms with E-state index in [9.17, 15) is 9.59 Å². The fourth-order valence-corrected chi connectivity index (χ4v) is 3.84. The van der Waals surface area contributed by atoms with Crippen molar-refractivity contribution >= 4 is 17.6 Å². The van der Waals surface area contributed by atoms with Gasteiger partial charge < -0.3 is 10.2 Å². The van der Waals surface area contributed by atoms with Crippen molar-refractivity contribution in [1.29, 1.82) is 0 Å². The lowest BCUT2D eigenvalue weighted by atomic mass is 10.1. The molecule has 0 radical (unpaired) electrons. The minimum Gasteiger partial charge on any atom is -0.342 e. The summed E-state index contributed by atoms with van der Waals surface area (Å²) in [6.07, 6.45) is 0.991. The third-order valence-electron chi connectivity index (χ3n) is 5.34. The summed E-state index contributed by atoms with van der Waals surface area (Å²) in [5, 5.41) is 7.36. The third-order valence-corrected chi connectivity index (χ3v) is 5.34. The van der Waals surface area contributed by atoms with E-state index in [1.54, 1.807) is 11.0 Å². The summed E-state index contributed by atoms with van der Waals surface area (Å²) in [7, 11) is 0. The molecule has 1 saturated heterocycles. The number of benzene rings is 1. The first-order valence-electron chi connectivity index (χ1n) is 10.4. The molecule has 3 aromatic rings. The SMILES string of the molecule is Cc1cc(C)nc(-n2nc(C)cc2NC(=O)C2CC(=O)N(CCc3ccccc3)C2)n1. The van der Waals surface area contributed by atoms with Crippen LogP contribution < -0.4 is 5.32 Å². The second-order valence-corrected chi connectivity index (χ2v) is 8.00. The van der Waals surface area contributed by atoms with Crippen LogP contribution in [0.15, 0.2) is 42.5 Å². The Balaban J connectivity index is 1.44. The molecule has 1 aliphatic rings. The molecule has 0 bridgehead atoms. The van der Waals surface area contributed by atoms with Gasteiger partial charge in [-0.2, -0.15) is 9.78 Å². The molecule has 1 fully saturated rings. The second kappa shape index (κ2) is 8.67. The summed E-state index contributed by atoms with van der Waals surface area (Å²) >= 11 is 0. The predicted octanol–water partition coefficient (Wildman–Crippen LogP) is 2.62. The van der Waals surface area contributed by atoms with Crippen LogP contribution in [0, 0.1) is 26.7 Å². The van der Waals surface area contributed by atoms with E-state index >= 15 is 0 Å². The van der Waals surface area contributed by atoms with E-state index in [4.69, 9.17) is 0 Å². The maximum absolute atomic E-state index is 12.9. The van der Waals surface area contributed by atoms with Crippen molar-refractivity contribution in [3.05, 3.63) is 65.1 Å². The molecule has 2 aromatic heterocycles. The van der Waals surface area contributed by atoms with Crippen LogP contribution in [-0.4, -0.2) is 49.6 Å². The zero-order valence-electron chi connectivity index (χ0n) is 18.0. The summed E-state index contributed by atoms with van der Waals surface area (Å²) in [6, 6.07) is 13.7. The zero-order valence-corrected chi connectivity index (χ0v) is 18.0. The van der Waals surface area contributed by atoms with Crippen LogP contribution in [0.1, 0.15) is 29.1 Å². The number of rotatable bonds is 6. The highest BCUT2D eigenvalue weighted by Gasteiger charge is 2.34. The third kappa shape index (κ3) is 4.79. The maximum Gasteiger partial charge on any atom is 0.252 e. The van der Waals surface area contributed by atoms with Gasteiger partial charge in [0.2, 0.25) is 11.8 Å². The highest BCUT2D eigenvalue weighted by atomic mass is 16.2. The van der Waals surface area contributed by atoms with Crippen LogP contribution in [0.25, 0.3) is 5.95 Å². The Bertz CT molecular complexity index is 1090. The van der Waals surface area contributed by atoms with E-state index in [0.29, 0.717) is 24.9 Å². The lowest BCUT2D eigenvalue weighted by Crippen LogP contribution is -2.30. The van der Waals surface area contributed by atoms with Crippen LogP contribution in [-0.2, 0) is 16.0 Å². The van der Waals surface area contributed by atoms with Gasteiger partial charge in [0.25, 0.3) is 5.95 Å². The summed E-state index contributed by atoms with van der Waals surface area (Å²) in [4.78, 5) is 36.0. The molecule has 4 rings (SSSR count). The van der Waals surface area contributed by atoms with Gasteiger partial charge >= 0.3 is 0 Å². The molecule has 1 aliphatic heterocycles. The van der Waals surface area contributed by atoms with E-state index in [1.165, 1.54) is 10.2 Å². The summed E-state index contributed by atoms with van der Waals surface area (Å²) in [5.41, 5.74) is 3.56. The molecule has 2 amide bonds. The van der Waals surface area contributed by atoms with Crippen molar-refractivity contribution in [1.82, 2.24) is 24.6 Å². The summed E-state index contributed by atoms with van der Waals surface area (Å²) < 4.78 is 1.54. The standard InChI is InChI=1S/C23H26N6O2/c1-15-11-16(2)25-23(24-15)29-20(12-17(3)27-29)26-22(31)19-13-21(30)28(14-19)10-9-18-7-5-4-6-8-18/h4-8,11-12,19H,9-10,13-14H2,1-3H3,(H,26,31). The Kier molecular flexibility index (Phi) is 5.79. The first-order chi connectivity index (χ1) is 14.9. The van der Waals surface area contributed by atoms with Gasteiger partial charge in [0.05, 0.1) is 11.6 Å². The molecule has 0 aliphatic carbocycles. The fourth-order valence-electron chi connectivity index (χ4n) is 3.84. The number of aryl methyl sites for hydroxylation is 3. The normalized spacial score (nSPS) is 16.0. The van der Waals surface area contributed by atoms with Gasteiger partial charge in [-0.3, -0.25) is 9.59 Å². The highest BCUT2D eigenvalue weighted by Crippen LogP contribution is 2.22. The molecule has 3 heterocycles. The smallest absolute Gasteiger partial charge is 0.252 e. The number of carbonyl (C=O) groups excluding carboxylic acids is 2. The van der Waals surface area contributed by atoms with Gasteiger partial charge in [0, 0.05) is 37.0 Å². The molecular formula is C23H26N6O2. The molecule has 0 saturated carbocycles. The molecule has 1 N–H and O–H groups in total. The Morgan fingerprint density at radius 2 is 1.77 bits per heavy atom. The van der Waals surface area contributed by atoms with Gasteiger partial charge in [-0.05, 0) is 38.8 Å². The molecule has 1 aromatic carbocycles. The van der Waals surface area contributed by atoms with Gasteiger partial charge in [0.15, 0.2) is 0 Å². The average molecular weight is 419 g/mol. The van der Waals surface area contributed by atoms with Crippen molar-refractivity contribution < 1.29 is 9.59 Å². The largest absolute Gasteiger partial charge is 0.342 e. The van der Waals surface area contributed by atoms with Gasteiger partial charge in [-0.1, -0.05) is 30.3 Å². The van der Waals surface area contributed by atoms with Crippen LogP contribution >= 0.6 is 0 Å². The molecule has 8 nitrogen and oxygen atoms in total. The fraction of sp³-hybridized carbons (Fsp3) is 0.348. The van der Waals surface area contributed by atoms with Crippen molar-refractivity contribution in [3.8, 4) is 5.95 Å². The molecule has 1 atom stereocenters. The second-order valence-electron chi connectivity index (χ2n) is 8.00. The van der Waals surface area contributed by atoms with Gasteiger partial charge in [-0.25, -0.2) is 9.97 Å². The van der Waals surface area contributed by atoms with E-state index in [-0.39, 0.29) is 18.2 Å². The Hall–Kier alpha value is -3.55. The Labute approximate surface area is 181 Å². The van der Waals surface area contributed by atoms with Gasteiger partial charge in [-0.15, -0.1) is 0 Å². The minimum absolute atomic E-state index is 0.0124. The predicted molar refractivity (Wildman–Crippen MR) is 117 cm³/mol. The Morgan fingerprint density at radius 1 is 1.06 bits per heavy atom. The molecule has 8 heteroatoms. The number of nitrogens with zero attached hydrogens (tertiary/aromatic N) is 5. The van der Waals surface area contributed by atoms with Gasteiger partial charge in [0.1, 0.15) is 5.82 Å². The van der Waals surface area contributed by atoms with Crippen molar-refractivity contribution in [2.75, 3.05) is 18.4 Å². The summed E-state index contributed by atoms with van der Waals surface area (Å²) in [5.74, 6) is 0.335. The molecule has 160 valence electrons. The van der Waals surface area contributed by atoms with Crippen LogP contribution in [0.5, 0.6) is 0 Å². The number of aromatic nitrogens is 4. The number of likely N-dealkylation sites (tertiary alicyclic amines) is 1. The van der Waals surface area contributed by atoms with Crippen LogP contribution in [0.2, 0.25) is 0 Å². The van der Waals surface area contributed by atoms with E-state index in [0.717, 1.165) is 23.5 Å². The maximum atomic E-state index is 12.9. The number of anilines is 1. The first-order valence-corrected chi connectivity index (χ1v) is 10.4.